The van der Waals surface area contributed by atoms with Crippen LogP contribution in [0, 0.1) is 5.92 Å². The van der Waals surface area contributed by atoms with Gasteiger partial charge in [0.2, 0.25) is 17.6 Å². The first-order valence-corrected chi connectivity index (χ1v) is 12.7. The van der Waals surface area contributed by atoms with Crippen molar-refractivity contribution >= 4 is 29.1 Å². The molecular formula is C26H30Cl2N4O4. The van der Waals surface area contributed by atoms with E-state index in [1.54, 1.807) is 32.4 Å². The van der Waals surface area contributed by atoms with Crippen molar-refractivity contribution in [1.82, 2.24) is 20.4 Å². The fourth-order valence-corrected chi connectivity index (χ4v) is 4.88. The third-order valence-electron chi connectivity index (χ3n) is 6.26. The van der Waals surface area contributed by atoms with Gasteiger partial charge in [-0.25, -0.2) is 0 Å². The van der Waals surface area contributed by atoms with Gasteiger partial charge in [0.1, 0.15) is 0 Å². The van der Waals surface area contributed by atoms with E-state index < -0.39 is 0 Å². The Morgan fingerprint density at radius 3 is 2.78 bits per heavy atom. The van der Waals surface area contributed by atoms with Crippen LogP contribution in [-0.2, 0) is 17.8 Å². The van der Waals surface area contributed by atoms with Crippen molar-refractivity contribution in [1.29, 1.82) is 0 Å². The third-order valence-corrected chi connectivity index (χ3v) is 6.81. The zero-order valence-electron chi connectivity index (χ0n) is 20.4. The summed E-state index contributed by atoms with van der Waals surface area (Å²) in [5.74, 6) is 2.37. The number of hydrogen-bond acceptors (Lipinski definition) is 7. The summed E-state index contributed by atoms with van der Waals surface area (Å²) in [6.45, 7) is 2.64. The Morgan fingerprint density at radius 1 is 1.17 bits per heavy atom. The van der Waals surface area contributed by atoms with Gasteiger partial charge >= 0.3 is 0 Å². The molecule has 3 aromatic rings. The van der Waals surface area contributed by atoms with Gasteiger partial charge < -0.3 is 19.3 Å². The summed E-state index contributed by atoms with van der Waals surface area (Å²) < 4.78 is 16.1. The fourth-order valence-electron chi connectivity index (χ4n) is 4.39. The van der Waals surface area contributed by atoms with Crippen LogP contribution in [0.15, 0.2) is 40.9 Å². The minimum Gasteiger partial charge on any atom is -0.493 e. The van der Waals surface area contributed by atoms with Crippen molar-refractivity contribution in [3.8, 4) is 22.9 Å². The van der Waals surface area contributed by atoms with Gasteiger partial charge in [-0.2, -0.15) is 4.98 Å². The van der Waals surface area contributed by atoms with Crippen molar-refractivity contribution in [2.75, 3.05) is 33.9 Å². The molecule has 2 aromatic carbocycles. The third kappa shape index (κ3) is 6.69. The van der Waals surface area contributed by atoms with Crippen LogP contribution in [0.2, 0.25) is 10.0 Å². The van der Waals surface area contributed by atoms with Crippen LogP contribution >= 0.6 is 23.2 Å². The van der Waals surface area contributed by atoms with E-state index in [1.165, 1.54) is 0 Å². The maximum atomic E-state index is 12.8. The van der Waals surface area contributed by atoms with Gasteiger partial charge in [0.25, 0.3) is 0 Å². The Morgan fingerprint density at radius 2 is 2.00 bits per heavy atom. The molecule has 1 aliphatic rings. The number of carbonyl (C=O) groups is 1. The number of aryl methyl sites for hydroxylation is 1. The number of methoxy groups -OCH3 is 2. The normalized spacial score (nSPS) is 16.1. The number of piperidine rings is 1. The van der Waals surface area contributed by atoms with Gasteiger partial charge in [-0.1, -0.05) is 34.4 Å². The molecule has 1 saturated heterocycles. The van der Waals surface area contributed by atoms with Crippen molar-refractivity contribution in [3.63, 3.8) is 0 Å². The predicted molar refractivity (Wildman–Crippen MR) is 139 cm³/mol. The van der Waals surface area contributed by atoms with Crippen LogP contribution in [0.25, 0.3) is 11.4 Å². The highest BCUT2D eigenvalue weighted by Crippen LogP contribution is 2.29. The van der Waals surface area contributed by atoms with Crippen molar-refractivity contribution in [2.24, 2.45) is 5.92 Å². The Labute approximate surface area is 220 Å². The first-order valence-electron chi connectivity index (χ1n) is 12.0. The van der Waals surface area contributed by atoms with E-state index in [2.05, 4.69) is 20.4 Å². The second-order valence-electron chi connectivity index (χ2n) is 8.79. The van der Waals surface area contributed by atoms with Crippen molar-refractivity contribution in [3.05, 3.63) is 57.9 Å². The van der Waals surface area contributed by atoms with E-state index >= 15 is 0 Å². The molecule has 10 heteroatoms. The zero-order valence-corrected chi connectivity index (χ0v) is 21.9. The molecule has 1 aliphatic heterocycles. The van der Waals surface area contributed by atoms with Crippen molar-refractivity contribution < 1.29 is 18.8 Å². The largest absolute Gasteiger partial charge is 0.493 e. The van der Waals surface area contributed by atoms with Gasteiger partial charge in [0, 0.05) is 23.7 Å². The number of carbonyl (C=O) groups excluding carboxylic acids is 1. The van der Waals surface area contributed by atoms with E-state index in [-0.39, 0.29) is 11.8 Å². The van der Waals surface area contributed by atoms with Crippen LogP contribution in [0.5, 0.6) is 11.5 Å². The minimum atomic E-state index is -0.0621. The number of nitrogens with zero attached hydrogens (tertiary/aromatic N) is 3. The van der Waals surface area contributed by atoms with Gasteiger partial charge in [-0.15, -0.1) is 0 Å². The van der Waals surface area contributed by atoms with Crippen LogP contribution in [0.4, 0.5) is 0 Å². The van der Waals surface area contributed by atoms with E-state index in [4.69, 9.17) is 37.2 Å². The molecule has 0 bridgehead atoms. The van der Waals surface area contributed by atoms with Crippen molar-refractivity contribution in [2.45, 2.75) is 32.2 Å². The molecule has 1 aromatic heterocycles. The van der Waals surface area contributed by atoms with Crippen LogP contribution in [0.3, 0.4) is 0 Å². The second-order valence-corrected chi connectivity index (χ2v) is 9.64. The lowest BCUT2D eigenvalue weighted by molar-refractivity contribution is -0.126. The lowest BCUT2D eigenvalue weighted by Gasteiger charge is -2.30. The number of aromatic nitrogens is 2. The maximum absolute atomic E-state index is 12.8. The maximum Gasteiger partial charge on any atom is 0.241 e. The predicted octanol–water partition coefficient (Wildman–Crippen LogP) is 5.02. The lowest BCUT2D eigenvalue weighted by Crippen LogP contribution is -2.43. The number of benzene rings is 2. The molecule has 0 spiro atoms. The molecule has 4 rings (SSSR count). The van der Waals surface area contributed by atoms with Gasteiger partial charge in [0.05, 0.1) is 31.7 Å². The number of rotatable bonds is 10. The van der Waals surface area contributed by atoms with Gasteiger partial charge in [-0.3, -0.25) is 9.69 Å². The average Bonchev–Trinajstić information content (AvgIpc) is 3.34. The number of ether oxygens (including phenoxy) is 2. The average molecular weight is 533 g/mol. The first-order chi connectivity index (χ1) is 17.5. The molecule has 8 nitrogen and oxygen atoms in total. The van der Waals surface area contributed by atoms with Crippen LogP contribution in [0.1, 0.15) is 30.7 Å². The quantitative estimate of drug-likeness (QED) is 0.366. The topological polar surface area (TPSA) is 89.7 Å². The monoisotopic (exact) mass is 532 g/mol. The summed E-state index contributed by atoms with van der Waals surface area (Å²) in [5, 5.41) is 8.17. The Kier molecular flexibility index (Phi) is 9.07. The molecule has 0 saturated carbocycles. The molecular weight excluding hydrogens is 503 g/mol. The van der Waals surface area contributed by atoms with E-state index in [0.717, 1.165) is 37.8 Å². The zero-order chi connectivity index (χ0) is 25.5. The number of hydrogen-bond donors (Lipinski definition) is 1. The Hall–Kier alpha value is -2.81. The smallest absolute Gasteiger partial charge is 0.241 e. The molecule has 36 heavy (non-hydrogen) atoms. The summed E-state index contributed by atoms with van der Waals surface area (Å²) in [4.78, 5) is 19.5. The van der Waals surface area contributed by atoms with Gasteiger partial charge in [-0.05, 0) is 68.1 Å². The van der Waals surface area contributed by atoms with Gasteiger partial charge in [0.15, 0.2) is 11.5 Å². The summed E-state index contributed by atoms with van der Waals surface area (Å²) in [6.07, 6.45) is 3.49. The second kappa shape index (κ2) is 12.4. The molecule has 1 amide bonds. The molecule has 1 N–H and O–H groups in total. The Balaban J connectivity index is 1.24. The molecule has 1 fully saturated rings. The Bertz CT molecular complexity index is 1190. The molecule has 192 valence electrons. The van der Waals surface area contributed by atoms with E-state index in [0.29, 0.717) is 58.5 Å². The minimum absolute atomic E-state index is 0.0621. The fraction of sp³-hybridized carbons (Fsp3) is 0.423. The molecule has 2 heterocycles. The van der Waals surface area contributed by atoms with Crippen LogP contribution < -0.4 is 14.8 Å². The number of amides is 1. The summed E-state index contributed by atoms with van der Waals surface area (Å²) in [6, 6.07) is 11.1. The molecule has 1 atom stereocenters. The lowest BCUT2D eigenvalue weighted by atomic mass is 9.97. The van der Waals surface area contributed by atoms with E-state index in [1.807, 2.05) is 18.2 Å². The highest BCUT2D eigenvalue weighted by atomic mass is 35.5. The highest BCUT2D eigenvalue weighted by Gasteiger charge is 2.27. The first kappa shape index (κ1) is 26.3. The number of halogens is 2. The standard InChI is InChI=1S/C26H30Cl2N4O4/c1-34-22-10-7-17(13-23(22)35-2)5-3-11-29-26(33)18-6-4-12-32(15-18)16-24-30-25(31-36-24)20-9-8-19(27)14-21(20)28/h7-10,13-14,18H,3-6,11-12,15-16H2,1-2H3,(H,29,33). The highest BCUT2D eigenvalue weighted by molar-refractivity contribution is 6.36. The summed E-state index contributed by atoms with van der Waals surface area (Å²) in [7, 11) is 3.25. The summed E-state index contributed by atoms with van der Waals surface area (Å²) in [5.41, 5.74) is 1.81. The number of likely N-dealkylation sites (tertiary alicyclic amines) is 1. The summed E-state index contributed by atoms with van der Waals surface area (Å²) >= 11 is 12.2. The number of nitrogens with one attached hydrogen (secondary N) is 1. The van der Waals surface area contributed by atoms with E-state index in [9.17, 15) is 4.79 Å². The molecule has 0 aliphatic carbocycles. The SMILES string of the molecule is COc1ccc(CCCNC(=O)C2CCCN(Cc3nc(-c4ccc(Cl)cc4Cl)no3)C2)cc1OC. The molecule has 0 radical (unpaired) electrons. The molecule has 1 unspecified atom stereocenters. The van der Waals surface area contributed by atoms with Crippen LogP contribution in [-0.4, -0.2) is 54.8 Å².